The van der Waals surface area contributed by atoms with Crippen LogP contribution in [0.15, 0.2) is 0 Å². The Morgan fingerprint density at radius 1 is 1.40 bits per heavy atom. The summed E-state index contributed by atoms with van der Waals surface area (Å²) < 4.78 is 0. The highest BCUT2D eigenvalue weighted by molar-refractivity contribution is 5.68. The Morgan fingerprint density at radius 3 is 2.60 bits per heavy atom. The number of carbonyl (C=O) groups is 1. The maximum absolute atomic E-state index is 10.9. The highest BCUT2D eigenvalue weighted by Crippen LogP contribution is 2.50. The number of carboxylic acids is 1. The van der Waals surface area contributed by atoms with Gasteiger partial charge in [0.25, 0.3) is 0 Å². The van der Waals surface area contributed by atoms with E-state index in [1.165, 1.54) is 25.7 Å². The minimum atomic E-state index is -0.617. The van der Waals surface area contributed by atoms with E-state index >= 15 is 0 Å². The number of rotatable bonds is 3. The molecule has 1 saturated heterocycles. The lowest BCUT2D eigenvalue weighted by Crippen LogP contribution is -2.53. The van der Waals surface area contributed by atoms with E-state index in [9.17, 15) is 4.79 Å². The Labute approximate surface area is 91.5 Å². The van der Waals surface area contributed by atoms with Crippen LogP contribution in [0.5, 0.6) is 0 Å². The van der Waals surface area contributed by atoms with Crippen molar-refractivity contribution in [2.24, 2.45) is 5.41 Å². The second-order valence-corrected chi connectivity index (χ2v) is 5.28. The number of hydrogen-bond acceptors (Lipinski definition) is 2. The molecular weight excluding hydrogens is 190 g/mol. The SMILES string of the molecule is CN1CCCCC1C1(CC(=O)O)CCC1. The summed E-state index contributed by atoms with van der Waals surface area (Å²) in [5.41, 5.74) is 0.112. The number of piperidine rings is 1. The van der Waals surface area contributed by atoms with Gasteiger partial charge < -0.3 is 10.0 Å². The molecule has 1 heterocycles. The van der Waals surface area contributed by atoms with Crippen molar-refractivity contribution in [3.05, 3.63) is 0 Å². The van der Waals surface area contributed by atoms with Crippen LogP contribution < -0.4 is 0 Å². The molecule has 0 radical (unpaired) electrons. The van der Waals surface area contributed by atoms with Crippen LogP contribution in [0.1, 0.15) is 44.9 Å². The number of carboxylic acid groups (broad SMARTS) is 1. The molecule has 0 bridgehead atoms. The molecule has 0 aromatic rings. The fourth-order valence-electron chi connectivity index (χ4n) is 3.41. The Morgan fingerprint density at radius 2 is 2.13 bits per heavy atom. The van der Waals surface area contributed by atoms with Gasteiger partial charge in [-0.2, -0.15) is 0 Å². The lowest BCUT2D eigenvalue weighted by atomic mass is 9.60. The third-order valence-corrected chi connectivity index (χ3v) is 4.33. The first-order valence-corrected chi connectivity index (χ1v) is 6.06. The second kappa shape index (κ2) is 4.12. The fourth-order valence-corrected chi connectivity index (χ4v) is 3.41. The van der Waals surface area contributed by atoms with Crippen molar-refractivity contribution in [1.29, 1.82) is 0 Å². The molecule has 0 amide bonds. The van der Waals surface area contributed by atoms with Gasteiger partial charge >= 0.3 is 5.97 Å². The monoisotopic (exact) mass is 211 g/mol. The van der Waals surface area contributed by atoms with Crippen molar-refractivity contribution in [1.82, 2.24) is 4.90 Å². The van der Waals surface area contributed by atoms with Crippen molar-refractivity contribution in [3.63, 3.8) is 0 Å². The van der Waals surface area contributed by atoms with Crippen LogP contribution in [-0.4, -0.2) is 35.6 Å². The van der Waals surface area contributed by atoms with Gasteiger partial charge in [0, 0.05) is 6.04 Å². The zero-order valence-corrected chi connectivity index (χ0v) is 9.54. The maximum Gasteiger partial charge on any atom is 0.303 e. The molecule has 1 unspecified atom stereocenters. The quantitative estimate of drug-likeness (QED) is 0.777. The van der Waals surface area contributed by atoms with Gasteiger partial charge in [-0.3, -0.25) is 4.79 Å². The maximum atomic E-state index is 10.9. The Bertz CT molecular complexity index is 248. The average Bonchev–Trinajstić information content (AvgIpc) is 2.12. The van der Waals surface area contributed by atoms with E-state index in [0.29, 0.717) is 12.5 Å². The van der Waals surface area contributed by atoms with Crippen LogP contribution in [-0.2, 0) is 4.79 Å². The van der Waals surface area contributed by atoms with Gasteiger partial charge in [0.2, 0.25) is 0 Å². The first-order valence-electron chi connectivity index (χ1n) is 6.06. The molecule has 1 saturated carbocycles. The standard InChI is InChI=1S/C12H21NO2/c1-13-8-3-2-5-10(13)12(6-4-7-12)9-11(14)15/h10H,2-9H2,1H3,(H,14,15). The summed E-state index contributed by atoms with van der Waals surface area (Å²) in [6, 6.07) is 0.524. The molecule has 86 valence electrons. The summed E-state index contributed by atoms with van der Waals surface area (Å²) >= 11 is 0. The van der Waals surface area contributed by atoms with E-state index in [-0.39, 0.29) is 5.41 Å². The van der Waals surface area contributed by atoms with Crippen molar-refractivity contribution < 1.29 is 9.90 Å². The predicted octanol–water partition coefficient (Wildman–Crippen LogP) is 2.12. The number of hydrogen-bond donors (Lipinski definition) is 1. The lowest BCUT2D eigenvalue weighted by Gasteiger charge is -2.52. The van der Waals surface area contributed by atoms with Crippen molar-refractivity contribution in [2.45, 2.75) is 51.0 Å². The molecule has 0 aromatic carbocycles. The van der Waals surface area contributed by atoms with E-state index in [0.717, 1.165) is 19.4 Å². The number of aliphatic carboxylic acids is 1. The third-order valence-electron chi connectivity index (χ3n) is 4.33. The normalized spacial score (nSPS) is 30.9. The average molecular weight is 211 g/mol. The van der Waals surface area contributed by atoms with Crippen LogP contribution in [0.2, 0.25) is 0 Å². The Hall–Kier alpha value is -0.570. The van der Waals surface area contributed by atoms with Gasteiger partial charge in [-0.25, -0.2) is 0 Å². The van der Waals surface area contributed by atoms with Gasteiger partial charge in [0.05, 0.1) is 6.42 Å². The minimum Gasteiger partial charge on any atom is -0.481 e. The predicted molar refractivity (Wildman–Crippen MR) is 58.8 cm³/mol. The zero-order valence-electron chi connectivity index (χ0n) is 9.54. The van der Waals surface area contributed by atoms with Crippen LogP contribution in [0, 0.1) is 5.41 Å². The number of likely N-dealkylation sites (tertiary alicyclic amines) is 1. The van der Waals surface area contributed by atoms with Gasteiger partial charge in [0.15, 0.2) is 0 Å². The molecule has 3 nitrogen and oxygen atoms in total. The Balaban J connectivity index is 2.06. The molecule has 2 aliphatic rings. The molecule has 1 aliphatic carbocycles. The van der Waals surface area contributed by atoms with E-state index in [4.69, 9.17) is 5.11 Å². The number of nitrogens with zero attached hydrogens (tertiary/aromatic N) is 1. The van der Waals surface area contributed by atoms with Gasteiger partial charge in [0.1, 0.15) is 0 Å². The van der Waals surface area contributed by atoms with E-state index in [1.54, 1.807) is 0 Å². The van der Waals surface area contributed by atoms with Crippen molar-refractivity contribution >= 4 is 5.97 Å². The zero-order chi connectivity index (χ0) is 10.9. The Kier molecular flexibility index (Phi) is 3.01. The van der Waals surface area contributed by atoms with Gasteiger partial charge in [-0.15, -0.1) is 0 Å². The molecule has 0 spiro atoms. The van der Waals surface area contributed by atoms with Crippen LogP contribution >= 0.6 is 0 Å². The summed E-state index contributed by atoms with van der Waals surface area (Å²) in [6.07, 6.45) is 7.58. The van der Waals surface area contributed by atoms with E-state index in [1.807, 2.05) is 0 Å². The van der Waals surface area contributed by atoms with E-state index < -0.39 is 5.97 Å². The fraction of sp³-hybridized carbons (Fsp3) is 0.917. The molecule has 2 rings (SSSR count). The lowest BCUT2D eigenvalue weighted by molar-refractivity contribution is -0.144. The van der Waals surface area contributed by atoms with E-state index in [2.05, 4.69) is 11.9 Å². The summed E-state index contributed by atoms with van der Waals surface area (Å²) in [7, 11) is 2.16. The minimum absolute atomic E-state index is 0.112. The van der Waals surface area contributed by atoms with Crippen LogP contribution in [0.4, 0.5) is 0 Å². The molecule has 0 aromatic heterocycles. The third kappa shape index (κ3) is 2.03. The molecule has 3 heteroatoms. The van der Waals surface area contributed by atoms with Crippen molar-refractivity contribution in [2.75, 3.05) is 13.6 Å². The molecule has 15 heavy (non-hydrogen) atoms. The first kappa shape index (κ1) is 10.9. The van der Waals surface area contributed by atoms with Crippen molar-refractivity contribution in [3.8, 4) is 0 Å². The van der Waals surface area contributed by atoms with Gasteiger partial charge in [-0.05, 0) is 44.7 Å². The van der Waals surface area contributed by atoms with Crippen LogP contribution in [0.25, 0.3) is 0 Å². The second-order valence-electron chi connectivity index (χ2n) is 5.28. The molecule has 1 atom stereocenters. The highest BCUT2D eigenvalue weighted by atomic mass is 16.4. The molecule has 1 aliphatic heterocycles. The van der Waals surface area contributed by atoms with Crippen LogP contribution in [0.3, 0.4) is 0 Å². The largest absolute Gasteiger partial charge is 0.481 e. The molecular formula is C12H21NO2. The highest BCUT2D eigenvalue weighted by Gasteiger charge is 2.47. The summed E-state index contributed by atoms with van der Waals surface area (Å²) in [5, 5.41) is 9.01. The summed E-state index contributed by atoms with van der Waals surface area (Å²) in [6.45, 7) is 1.14. The summed E-state index contributed by atoms with van der Waals surface area (Å²) in [5.74, 6) is -0.617. The topological polar surface area (TPSA) is 40.5 Å². The smallest absolute Gasteiger partial charge is 0.303 e. The van der Waals surface area contributed by atoms with Gasteiger partial charge in [-0.1, -0.05) is 12.8 Å². The molecule has 2 fully saturated rings. The summed E-state index contributed by atoms with van der Waals surface area (Å²) in [4.78, 5) is 13.3. The molecule has 1 N–H and O–H groups in total. The first-order chi connectivity index (χ1) is 7.14.